The summed E-state index contributed by atoms with van der Waals surface area (Å²) in [6, 6.07) is -1.34. The van der Waals surface area contributed by atoms with E-state index in [1.165, 1.54) is 32.4 Å². The van der Waals surface area contributed by atoms with Crippen LogP contribution in [0, 0.1) is 6.92 Å². The van der Waals surface area contributed by atoms with Gasteiger partial charge in [0, 0.05) is 18.9 Å². The Bertz CT molecular complexity index is 1190. The first-order valence-corrected chi connectivity index (χ1v) is 8.30. The van der Waals surface area contributed by atoms with E-state index in [1.54, 1.807) is 22.1 Å². The van der Waals surface area contributed by atoms with Crippen molar-refractivity contribution in [2.45, 2.75) is 46.7 Å². The number of carbonyl (C=O) groups is 2. The Morgan fingerprint density at radius 1 is 1.04 bits per heavy atom. The van der Waals surface area contributed by atoms with Gasteiger partial charge in [-0.2, -0.15) is 4.98 Å². The molecule has 0 fully saturated rings. The van der Waals surface area contributed by atoms with Crippen molar-refractivity contribution >= 4 is 28.5 Å². The number of carbonyl (C=O) groups excluding carboxylic acids is 2. The molecule has 0 saturated heterocycles. The van der Waals surface area contributed by atoms with E-state index in [4.69, 9.17) is 0 Å². The van der Waals surface area contributed by atoms with Crippen molar-refractivity contribution in [2.24, 2.45) is 7.05 Å². The molecular formula is C17H21N5O4. The number of hydrogen-bond acceptors (Lipinski definition) is 5. The van der Waals surface area contributed by atoms with Crippen molar-refractivity contribution in [1.82, 2.24) is 23.1 Å². The van der Waals surface area contributed by atoms with Crippen LogP contribution in [0.4, 0.5) is 0 Å². The average Bonchev–Trinajstić information content (AvgIpc) is 3.06. The zero-order chi connectivity index (χ0) is 19.5. The summed E-state index contributed by atoms with van der Waals surface area (Å²) < 4.78 is 5.50. The lowest BCUT2D eigenvalue weighted by molar-refractivity contribution is -0.120. The van der Waals surface area contributed by atoms with E-state index in [9.17, 15) is 19.2 Å². The molecule has 0 N–H and O–H groups in total. The predicted octanol–water partition coefficient (Wildman–Crippen LogP) is 0.758. The van der Waals surface area contributed by atoms with Gasteiger partial charge in [0.2, 0.25) is 5.78 Å². The van der Waals surface area contributed by atoms with Gasteiger partial charge >= 0.3 is 5.69 Å². The number of aryl methyl sites for hydroxylation is 2. The van der Waals surface area contributed by atoms with Gasteiger partial charge in [-0.15, -0.1) is 0 Å². The van der Waals surface area contributed by atoms with Crippen molar-refractivity contribution in [3.63, 3.8) is 0 Å². The summed E-state index contributed by atoms with van der Waals surface area (Å²) in [5, 5.41) is 0. The maximum absolute atomic E-state index is 13.0. The Kier molecular flexibility index (Phi) is 3.97. The first kappa shape index (κ1) is 17.8. The highest BCUT2D eigenvalue weighted by molar-refractivity contribution is 5.82. The molecule has 3 aromatic rings. The van der Waals surface area contributed by atoms with Crippen LogP contribution in [0.25, 0.3) is 16.9 Å². The second kappa shape index (κ2) is 5.79. The van der Waals surface area contributed by atoms with Crippen molar-refractivity contribution in [3.05, 3.63) is 32.7 Å². The molecule has 0 saturated carbocycles. The Hall–Kier alpha value is -2.97. The summed E-state index contributed by atoms with van der Waals surface area (Å²) in [7, 11) is 1.51. The molecular weight excluding hydrogens is 338 g/mol. The zero-order valence-corrected chi connectivity index (χ0v) is 15.6. The first-order chi connectivity index (χ1) is 12.1. The van der Waals surface area contributed by atoms with E-state index >= 15 is 0 Å². The molecule has 0 radical (unpaired) electrons. The van der Waals surface area contributed by atoms with Gasteiger partial charge in [0.05, 0.1) is 12.1 Å². The van der Waals surface area contributed by atoms with Crippen LogP contribution < -0.4 is 11.2 Å². The molecule has 3 rings (SSSR count). The molecule has 26 heavy (non-hydrogen) atoms. The molecule has 9 heteroatoms. The lowest BCUT2D eigenvalue weighted by Gasteiger charge is -2.12. The van der Waals surface area contributed by atoms with Crippen molar-refractivity contribution < 1.29 is 9.59 Å². The highest BCUT2D eigenvalue weighted by Crippen LogP contribution is 2.21. The van der Waals surface area contributed by atoms with Crippen LogP contribution in [-0.4, -0.2) is 34.7 Å². The summed E-state index contributed by atoms with van der Waals surface area (Å²) in [4.78, 5) is 53.6. The molecule has 9 nitrogen and oxygen atoms in total. The molecule has 0 aliphatic rings. The fourth-order valence-corrected chi connectivity index (χ4v) is 3.18. The molecule has 0 spiro atoms. The fourth-order valence-electron chi connectivity index (χ4n) is 3.18. The summed E-state index contributed by atoms with van der Waals surface area (Å²) in [5.74, 6) is 0.0681. The molecule has 138 valence electrons. The Morgan fingerprint density at radius 2 is 1.58 bits per heavy atom. The van der Waals surface area contributed by atoms with Crippen LogP contribution in [0.5, 0.6) is 0 Å². The smallest absolute Gasteiger partial charge is 0.304 e. The third-order valence-electron chi connectivity index (χ3n) is 4.97. The molecule has 3 heterocycles. The minimum Gasteiger partial charge on any atom is -0.304 e. The first-order valence-electron chi connectivity index (χ1n) is 8.30. The summed E-state index contributed by atoms with van der Waals surface area (Å²) in [6.45, 7) is 7.91. The Labute approximate surface area is 148 Å². The lowest BCUT2D eigenvalue weighted by atomic mass is 10.2. The molecule has 0 bridgehead atoms. The van der Waals surface area contributed by atoms with E-state index in [0.29, 0.717) is 5.78 Å². The van der Waals surface area contributed by atoms with E-state index in [1.807, 2.05) is 6.92 Å². The maximum atomic E-state index is 13.0. The van der Waals surface area contributed by atoms with Gasteiger partial charge in [0.15, 0.2) is 22.7 Å². The SMILES string of the molecule is CC(=O)[C@@H](C)n1c(=O)c2c(nc3n([C@@H](C)C(C)=O)c(C)cn23)n(C)c1=O. The fraction of sp³-hybridized carbons (Fsp3) is 0.471. The molecule has 0 aliphatic heterocycles. The van der Waals surface area contributed by atoms with Gasteiger partial charge in [-0.3, -0.25) is 23.4 Å². The highest BCUT2D eigenvalue weighted by atomic mass is 16.2. The second-order valence-electron chi connectivity index (χ2n) is 6.68. The molecule has 2 atom stereocenters. The highest BCUT2D eigenvalue weighted by Gasteiger charge is 2.25. The number of fused-ring (bicyclic) bond motifs is 3. The van der Waals surface area contributed by atoms with Crippen molar-refractivity contribution in [2.75, 3.05) is 0 Å². The van der Waals surface area contributed by atoms with Crippen LogP contribution in [0.15, 0.2) is 15.8 Å². The molecule has 0 aromatic carbocycles. The summed E-state index contributed by atoms with van der Waals surface area (Å²) in [5.41, 5.74) is -0.00408. The van der Waals surface area contributed by atoms with E-state index < -0.39 is 23.3 Å². The normalized spacial score (nSPS) is 14.1. The van der Waals surface area contributed by atoms with Gasteiger partial charge in [0.1, 0.15) is 0 Å². The number of hydrogen-bond donors (Lipinski definition) is 0. The van der Waals surface area contributed by atoms with Crippen molar-refractivity contribution in [3.8, 4) is 0 Å². The maximum Gasteiger partial charge on any atom is 0.333 e. The van der Waals surface area contributed by atoms with Crippen molar-refractivity contribution in [1.29, 1.82) is 0 Å². The molecule has 3 aromatic heterocycles. The minimum absolute atomic E-state index is 0.0465. The van der Waals surface area contributed by atoms with Crippen LogP contribution in [-0.2, 0) is 16.6 Å². The summed E-state index contributed by atoms with van der Waals surface area (Å²) in [6.07, 6.45) is 1.71. The van der Waals surface area contributed by atoms with Gasteiger partial charge in [-0.05, 0) is 34.6 Å². The number of ketones is 2. The topological polar surface area (TPSA) is 100 Å². The minimum atomic E-state index is -0.879. The molecule has 0 aliphatic carbocycles. The van der Waals surface area contributed by atoms with Crippen LogP contribution in [0.1, 0.15) is 45.5 Å². The van der Waals surface area contributed by atoms with Crippen LogP contribution in [0.3, 0.4) is 0 Å². The third-order valence-corrected chi connectivity index (χ3v) is 4.97. The van der Waals surface area contributed by atoms with Gasteiger partial charge in [-0.25, -0.2) is 9.36 Å². The molecule has 0 amide bonds. The van der Waals surface area contributed by atoms with Gasteiger partial charge in [0.25, 0.3) is 5.56 Å². The van der Waals surface area contributed by atoms with E-state index in [2.05, 4.69) is 4.98 Å². The Morgan fingerprint density at radius 3 is 2.12 bits per heavy atom. The third kappa shape index (κ3) is 2.27. The predicted molar refractivity (Wildman–Crippen MR) is 95.7 cm³/mol. The zero-order valence-electron chi connectivity index (χ0n) is 15.6. The largest absolute Gasteiger partial charge is 0.333 e. The number of nitrogens with zero attached hydrogens (tertiary/aromatic N) is 5. The number of Topliss-reactive ketones (excluding diaryl/α,β-unsaturated/α-hetero) is 2. The number of aromatic nitrogens is 5. The monoisotopic (exact) mass is 359 g/mol. The number of rotatable bonds is 4. The lowest BCUT2D eigenvalue weighted by Crippen LogP contribution is -2.42. The Balaban J connectivity index is 2.51. The number of imidazole rings is 2. The van der Waals surface area contributed by atoms with Gasteiger partial charge in [-0.1, -0.05) is 0 Å². The standard InChI is InChI=1S/C17H21N5O4/c1-8-7-20-13-14(18-16(20)21(8)9(2)11(4)23)19(6)17(26)22(15(13)25)10(3)12(5)24/h7,9-10H,1-6H3/t9-,10+/m0/s1. The van der Waals surface area contributed by atoms with Crippen LogP contribution in [0.2, 0.25) is 0 Å². The van der Waals surface area contributed by atoms with E-state index in [-0.39, 0.29) is 22.7 Å². The van der Waals surface area contributed by atoms with E-state index in [0.717, 1.165) is 10.3 Å². The summed E-state index contributed by atoms with van der Waals surface area (Å²) >= 11 is 0. The second-order valence-corrected chi connectivity index (χ2v) is 6.68. The average molecular weight is 359 g/mol. The van der Waals surface area contributed by atoms with Gasteiger partial charge < -0.3 is 4.57 Å². The van der Waals surface area contributed by atoms with Crippen LogP contribution >= 0.6 is 0 Å². The quantitative estimate of drug-likeness (QED) is 0.684. The molecule has 0 unspecified atom stereocenters.